The van der Waals surface area contributed by atoms with Crippen molar-refractivity contribution in [1.29, 1.82) is 0 Å². The van der Waals surface area contributed by atoms with Gasteiger partial charge in [0.15, 0.2) is 11.5 Å². The maximum Gasteiger partial charge on any atom is 0.266 e. The molecule has 0 aliphatic carbocycles. The molecule has 1 aliphatic rings. The second-order valence-electron chi connectivity index (χ2n) is 4.56. The lowest BCUT2D eigenvalue weighted by molar-refractivity contribution is 0.0944. The zero-order valence-corrected chi connectivity index (χ0v) is 14.0. The minimum atomic E-state index is -3.89. The number of ether oxygens (including phenoxy) is 2. The zero-order valence-electron chi connectivity index (χ0n) is 11.6. The fourth-order valence-corrected chi connectivity index (χ4v) is 3.78. The Balaban J connectivity index is 1.73. The molecule has 0 saturated heterocycles. The van der Waals surface area contributed by atoms with Crippen molar-refractivity contribution in [3.05, 3.63) is 52.5 Å². The molecule has 0 radical (unpaired) electrons. The van der Waals surface area contributed by atoms with E-state index in [1.807, 2.05) is 0 Å². The Morgan fingerprint density at radius 3 is 2.61 bits per heavy atom. The highest BCUT2D eigenvalue weighted by atomic mass is 79.9. The van der Waals surface area contributed by atoms with Gasteiger partial charge < -0.3 is 9.47 Å². The average molecular weight is 399 g/mol. The molecule has 1 aliphatic heterocycles. The lowest BCUT2D eigenvalue weighted by atomic mass is 10.2. The molecule has 1 amide bonds. The summed E-state index contributed by atoms with van der Waals surface area (Å²) in [5.74, 6) is 0.362. The number of benzene rings is 2. The quantitative estimate of drug-likeness (QED) is 0.765. The van der Waals surface area contributed by atoms with Crippen LogP contribution in [-0.4, -0.2) is 21.1 Å². The molecule has 1 heterocycles. The molecule has 0 aromatic heterocycles. The van der Waals surface area contributed by atoms with E-state index in [9.17, 15) is 13.2 Å². The summed E-state index contributed by atoms with van der Waals surface area (Å²) < 4.78 is 35.1. The normalized spacial score (nSPS) is 12.9. The molecule has 0 atom stereocenters. The number of sulfonamides is 1. The molecule has 0 fully saturated rings. The minimum absolute atomic E-state index is 0.0194. The van der Waals surface area contributed by atoms with Crippen LogP contribution in [-0.2, 0) is 10.0 Å². The Bertz CT molecular complexity index is 869. The van der Waals surface area contributed by atoms with Crippen molar-refractivity contribution in [3.63, 3.8) is 0 Å². The number of hydrogen-bond acceptors (Lipinski definition) is 5. The van der Waals surface area contributed by atoms with Gasteiger partial charge in [-0.05, 0) is 46.3 Å². The summed E-state index contributed by atoms with van der Waals surface area (Å²) in [6.45, 7) is 0.0923. The van der Waals surface area contributed by atoms with Crippen molar-refractivity contribution in [1.82, 2.24) is 10.3 Å². The van der Waals surface area contributed by atoms with Crippen LogP contribution >= 0.6 is 15.9 Å². The topological polar surface area (TPSA) is 93.7 Å². The monoisotopic (exact) mass is 398 g/mol. The smallest absolute Gasteiger partial charge is 0.266 e. The van der Waals surface area contributed by atoms with E-state index in [0.717, 1.165) is 0 Å². The fraction of sp³-hybridized carbons (Fsp3) is 0.0714. The number of rotatable bonds is 4. The summed E-state index contributed by atoms with van der Waals surface area (Å²) in [7, 11) is -3.89. The van der Waals surface area contributed by atoms with Crippen molar-refractivity contribution in [3.8, 4) is 11.5 Å². The van der Waals surface area contributed by atoms with E-state index in [-0.39, 0.29) is 17.3 Å². The van der Waals surface area contributed by atoms with Crippen LogP contribution in [0.5, 0.6) is 11.5 Å². The molecule has 9 heteroatoms. The van der Waals surface area contributed by atoms with Gasteiger partial charge in [-0.3, -0.25) is 10.2 Å². The third-order valence-electron chi connectivity index (χ3n) is 3.06. The summed E-state index contributed by atoms with van der Waals surface area (Å²) in [4.78, 5) is 14.1. The van der Waals surface area contributed by atoms with E-state index >= 15 is 0 Å². The zero-order chi connectivity index (χ0) is 16.4. The standard InChI is InChI=1S/C14H11BrN2O5S/c15-10-3-1-2-4-13(10)23(19,20)17-16-14(18)9-5-6-11-12(7-9)22-8-21-11/h1-7,17H,8H2,(H,16,18). The highest BCUT2D eigenvalue weighted by molar-refractivity contribution is 9.10. The fourth-order valence-electron chi connectivity index (χ4n) is 1.94. The third kappa shape index (κ3) is 3.31. The Kier molecular flexibility index (Phi) is 4.24. The van der Waals surface area contributed by atoms with Crippen LogP contribution in [0.25, 0.3) is 0 Å². The predicted molar refractivity (Wildman–Crippen MR) is 84.5 cm³/mol. The second-order valence-corrected chi connectivity index (χ2v) is 7.06. The summed E-state index contributed by atoms with van der Waals surface area (Å²) in [5.41, 5.74) is 2.40. The van der Waals surface area contributed by atoms with E-state index in [2.05, 4.69) is 26.2 Å². The number of carbonyl (C=O) groups is 1. The third-order valence-corrected chi connectivity index (χ3v) is 5.32. The second kappa shape index (κ2) is 6.19. The Morgan fingerprint density at radius 2 is 1.83 bits per heavy atom. The van der Waals surface area contributed by atoms with E-state index in [1.165, 1.54) is 18.2 Å². The Labute approximate surface area is 140 Å². The largest absolute Gasteiger partial charge is 0.454 e. The number of hydrazine groups is 1. The van der Waals surface area contributed by atoms with Crippen LogP contribution in [0.3, 0.4) is 0 Å². The molecule has 0 spiro atoms. The van der Waals surface area contributed by atoms with Crippen LogP contribution in [0, 0.1) is 0 Å². The van der Waals surface area contributed by atoms with Gasteiger partial charge in [0.05, 0.1) is 4.90 Å². The number of halogens is 1. The van der Waals surface area contributed by atoms with Gasteiger partial charge >= 0.3 is 0 Å². The molecular weight excluding hydrogens is 388 g/mol. The van der Waals surface area contributed by atoms with E-state index in [4.69, 9.17) is 9.47 Å². The van der Waals surface area contributed by atoms with Gasteiger partial charge in [-0.1, -0.05) is 12.1 Å². The van der Waals surface area contributed by atoms with E-state index in [1.54, 1.807) is 24.3 Å². The first-order valence-corrected chi connectivity index (χ1v) is 8.71. The van der Waals surface area contributed by atoms with Gasteiger partial charge in [-0.25, -0.2) is 8.42 Å². The number of amides is 1. The van der Waals surface area contributed by atoms with Crippen molar-refractivity contribution in [2.24, 2.45) is 0 Å². The molecule has 23 heavy (non-hydrogen) atoms. The predicted octanol–water partition coefficient (Wildman–Crippen LogP) is 1.80. The molecule has 0 bridgehead atoms. The maximum absolute atomic E-state index is 12.2. The van der Waals surface area contributed by atoms with E-state index < -0.39 is 15.9 Å². The van der Waals surface area contributed by atoms with Gasteiger partial charge in [-0.2, -0.15) is 0 Å². The van der Waals surface area contributed by atoms with Crippen molar-refractivity contribution in [2.45, 2.75) is 4.90 Å². The number of carbonyl (C=O) groups excluding carboxylic acids is 1. The van der Waals surface area contributed by atoms with E-state index in [0.29, 0.717) is 16.0 Å². The van der Waals surface area contributed by atoms with Crippen molar-refractivity contribution >= 4 is 31.9 Å². The number of nitrogens with one attached hydrogen (secondary N) is 2. The molecule has 7 nitrogen and oxygen atoms in total. The first-order valence-electron chi connectivity index (χ1n) is 6.44. The highest BCUT2D eigenvalue weighted by Crippen LogP contribution is 2.32. The highest BCUT2D eigenvalue weighted by Gasteiger charge is 2.20. The van der Waals surface area contributed by atoms with Gasteiger partial charge in [-0.15, -0.1) is 4.83 Å². The molecular formula is C14H11BrN2O5S. The lowest BCUT2D eigenvalue weighted by Gasteiger charge is -2.10. The molecule has 0 unspecified atom stereocenters. The van der Waals surface area contributed by atoms with Crippen LogP contribution < -0.4 is 19.7 Å². The maximum atomic E-state index is 12.2. The van der Waals surface area contributed by atoms with Crippen LogP contribution in [0.4, 0.5) is 0 Å². The minimum Gasteiger partial charge on any atom is -0.454 e. The first kappa shape index (κ1) is 15.8. The summed E-state index contributed by atoms with van der Waals surface area (Å²) in [6.07, 6.45) is 0. The summed E-state index contributed by atoms with van der Waals surface area (Å²) >= 11 is 3.16. The number of hydrogen-bond donors (Lipinski definition) is 2. The average Bonchev–Trinajstić information content (AvgIpc) is 3.00. The van der Waals surface area contributed by atoms with Crippen LogP contribution in [0.1, 0.15) is 10.4 Å². The summed E-state index contributed by atoms with van der Waals surface area (Å²) in [6, 6.07) is 10.8. The van der Waals surface area contributed by atoms with Gasteiger partial charge in [0.2, 0.25) is 6.79 Å². The molecule has 2 aromatic carbocycles. The lowest BCUT2D eigenvalue weighted by Crippen LogP contribution is -2.41. The Hall–Kier alpha value is -2.10. The molecule has 120 valence electrons. The van der Waals surface area contributed by atoms with Gasteiger partial charge in [0.1, 0.15) is 0 Å². The van der Waals surface area contributed by atoms with Crippen molar-refractivity contribution in [2.75, 3.05) is 6.79 Å². The van der Waals surface area contributed by atoms with Gasteiger partial charge in [0, 0.05) is 10.0 Å². The van der Waals surface area contributed by atoms with Gasteiger partial charge in [0.25, 0.3) is 15.9 Å². The van der Waals surface area contributed by atoms with Crippen molar-refractivity contribution < 1.29 is 22.7 Å². The molecule has 3 rings (SSSR count). The van der Waals surface area contributed by atoms with Crippen LogP contribution in [0.2, 0.25) is 0 Å². The Morgan fingerprint density at radius 1 is 1.09 bits per heavy atom. The number of fused-ring (bicyclic) bond motifs is 1. The molecule has 2 aromatic rings. The molecule has 2 N–H and O–H groups in total. The van der Waals surface area contributed by atoms with Crippen LogP contribution in [0.15, 0.2) is 51.8 Å². The first-order chi connectivity index (χ1) is 11.0. The molecule has 0 saturated carbocycles. The summed E-state index contributed by atoms with van der Waals surface area (Å²) in [5, 5.41) is 0. The SMILES string of the molecule is O=C(NNS(=O)(=O)c1ccccc1Br)c1ccc2c(c1)OCO2.